The van der Waals surface area contributed by atoms with Crippen LogP contribution >= 0.6 is 12.2 Å². The lowest BCUT2D eigenvalue weighted by molar-refractivity contribution is 0.417. The molecule has 0 unspecified atom stereocenters. The molecule has 0 fully saturated rings. The Morgan fingerprint density at radius 2 is 2.05 bits per heavy atom. The van der Waals surface area contributed by atoms with Crippen molar-refractivity contribution in [2.75, 3.05) is 18.2 Å². The summed E-state index contributed by atoms with van der Waals surface area (Å²) in [5.74, 6) is 0.798. The molecule has 0 bridgehead atoms. The molecule has 0 aliphatic carbocycles. The highest BCUT2D eigenvalue weighted by Crippen LogP contribution is 2.23. The maximum absolute atomic E-state index is 11.3. The van der Waals surface area contributed by atoms with E-state index in [4.69, 9.17) is 17.0 Å². The number of nitrogens with one attached hydrogen (secondary N) is 2. The Hall–Kier alpha value is -1.60. The molecule has 1 aliphatic rings. The number of benzene rings is 1. The Bertz CT molecular complexity index is 624. The number of methoxy groups -OCH3 is 1. The Labute approximate surface area is 117 Å². The van der Waals surface area contributed by atoms with Gasteiger partial charge in [0.1, 0.15) is 5.75 Å². The van der Waals surface area contributed by atoms with E-state index in [1.165, 1.54) is 5.41 Å². The lowest BCUT2D eigenvalue weighted by Crippen LogP contribution is -2.27. The van der Waals surface area contributed by atoms with E-state index in [9.17, 15) is 8.42 Å². The zero-order valence-electron chi connectivity index (χ0n) is 10.3. The van der Waals surface area contributed by atoms with Crippen LogP contribution in [-0.2, 0) is 9.84 Å². The van der Waals surface area contributed by atoms with Crippen molar-refractivity contribution >= 4 is 32.9 Å². The molecule has 5 nitrogen and oxygen atoms in total. The first-order valence-corrected chi connectivity index (χ1v) is 7.77. The fraction of sp³-hybridized carbons (Fsp3) is 0.250. The molecule has 0 amide bonds. The summed E-state index contributed by atoms with van der Waals surface area (Å²) in [7, 11) is -1.49. The van der Waals surface area contributed by atoms with E-state index in [0.29, 0.717) is 23.0 Å². The number of sulfone groups is 1. The average molecular weight is 298 g/mol. The lowest BCUT2D eigenvalue weighted by Gasteiger charge is -2.13. The third-order valence-electron chi connectivity index (χ3n) is 2.61. The predicted molar refractivity (Wildman–Crippen MR) is 78.8 cm³/mol. The maximum Gasteiger partial charge on any atom is 0.175 e. The minimum atomic E-state index is -3.06. The van der Waals surface area contributed by atoms with Gasteiger partial charge in [0, 0.05) is 12.1 Å². The fourth-order valence-corrected chi connectivity index (χ4v) is 3.20. The second kappa shape index (κ2) is 5.58. The minimum Gasteiger partial charge on any atom is -0.495 e. The van der Waals surface area contributed by atoms with Gasteiger partial charge in [-0.3, -0.25) is 0 Å². The quantitative estimate of drug-likeness (QED) is 0.827. The van der Waals surface area contributed by atoms with Gasteiger partial charge < -0.3 is 15.4 Å². The van der Waals surface area contributed by atoms with Crippen molar-refractivity contribution in [3.05, 3.63) is 35.4 Å². The van der Waals surface area contributed by atoms with Crippen molar-refractivity contribution in [1.29, 1.82) is 0 Å². The second-order valence-electron chi connectivity index (χ2n) is 4.04. The molecule has 2 N–H and O–H groups in total. The Morgan fingerprint density at radius 1 is 1.32 bits per heavy atom. The number of rotatable bonds is 3. The zero-order valence-corrected chi connectivity index (χ0v) is 12.0. The molecule has 1 heterocycles. The lowest BCUT2D eigenvalue weighted by atomic mass is 10.3. The molecule has 0 atom stereocenters. The van der Waals surface area contributed by atoms with Gasteiger partial charge in [0.05, 0.1) is 24.0 Å². The number of thiocarbonyl (C=S) groups is 1. The van der Waals surface area contributed by atoms with Crippen molar-refractivity contribution in [2.24, 2.45) is 0 Å². The summed E-state index contributed by atoms with van der Waals surface area (Å²) in [6.07, 6.45) is 0.454. The molecule has 1 aromatic carbocycles. The fourth-order valence-electron chi connectivity index (χ4n) is 1.73. The van der Waals surface area contributed by atoms with E-state index >= 15 is 0 Å². The van der Waals surface area contributed by atoms with Gasteiger partial charge in [-0.15, -0.1) is 0 Å². The highest BCUT2D eigenvalue weighted by Gasteiger charge is 2.19. The van der Waals surface area contributed by atoms with Crippen molar-refractivity contribution < 1.29 is 13.2 Å². The number of anilines is 1. The third kappa shape index (κ3) is 3.68. The van der Waals surface area contributed by atoms with E-state index in [-0.39, 0.29) is 5.75 Å². The summed E-state index contributed by atoms with van der Waals surface area (Å²) < 4.78 is 27.8. The molecule has 1 aromatic rings. The summed E-state index contributed by atoms with van der Waals surface area (Å²) in [6, 6.07) is 7.34. The van der Waals surface area contributed by atoms with Crippen LogP contribution in [0.25, 0.3) is 0 Å². The van der Waals surface area contributed by atoms with Crippen LogP contribution in [0.4, 0.5) is 5.69 Å². The van der Waals surface area contributed by atoms with Crippen molar-refractivity contribution in [1.82, 2.24) is 5.32 Å². The predicted octanol–water partition coefficient (Wildman–Crippen LogP) is 1.64. The largest absolute Gasteiger partial charge is 0.495 e. The molecule has 0 aromatic heterocycles. The summed E-state index contributed by atoms with van der Waals surface area (Å²) in [5, 5.41) is 7.42. The van der Waals surface area contributed by atoms with Crippen LogP contribution in [0.3, 0.4) is 0 Å². The normalized spacial score (nSPS) is 16.6. The van der Waals surface area contributed by atoms with Gasteiger partial charge in [0.25, 0.3) is 0 Å². The van der Waals surface area contributed by atoms with Gasteiger partial charge in [-0.05, 0) is 24.4 Å². The summed E-state index contributed by atoms with van der Waals surface area (Å²) in [5.41, 5.74) is 1.33. The molecular weight excluding hydrogens is 284 g/mol. The highest BCUT2D eigenvalue weighted by atomic mass is 32.2. The van der Waals surface area contributed by atoms with Gasteiger partial charge in [-0.25, -0.2) is 8.42 Å². The molecule has 7 heteroatoms. The monoisotopic (exact) mass is 298 g/mol. The molecule has 19 heavy (non-hydrogen) atoms. The molecule has 0 saturated heterocycles. The number of hydrogen-bond donors (Lipinski definition) is 2. The zero-order chi connectivity index (χ0) is 13.9. The van der Waals surface area contributed by atoms with E-state index in [2.05, 4.69) is 10.6 Å². The van der Waals surface area contributed by atoms with Crippen LogP contribution in [0.5, 0.6) is 5.75 Å². The van der Waals surface area contributed by atoms with Gasteiger partial charge in [-0.1, -0.05) is 12.1 Å². The van der Waals surface area contributed by atoms with Gasteiger partial charge in [0.2, 0.25) is 0 Å². The van der Waals surface area contributed by atoms with Crippen LogP contribution in [0, 0.1) is 0 Å². The maximum atomic E-state index is 11.3. The van der Waals surface area contributed by atoms with E-state index < -0.39 is 9.84 Å². The molecular formula is C12H14N2O3S2. The van der Waals surface area contributed by atoms with Crippen LogP contribution in [0.1, 0.15) is 6.42 Å². The first kappa shape index (κ1) is 13.8. The number of hydrogen-bond acceptors (Lipinski definition) is 4. The molecule has 2 rings (SSSR count). The average Bonchev–Trinajstić information content (AvgIpc) is 2.69. The van der Waals surface area contributed by atoms with Crippen molar-refractivity contribution in [3.8, 4) is 5.75 Å². The SMILES string of the molecule is COc1ccccc1NC(=S)NC1=CS(=O)(=O)CC1. The summed E-state index contributed by atoms with van der Waals surface area (Å²) in [4.78, 5) is 0. The first-order valence-electron chi connectivity index (χ1n) is 5.64. The van der Waals surface area contributed by atoms with E-state index in [1.807, 2.05) is 24.3 Å². The van der Waals surface area contributed by atoms with Gasteiger partial charge in [-0.2, -0.15) is 0 Å². The summed E-state index contributed by atoms with van der Waals surface area (Å²) in [6.45, 7) is 0. The third-order valence-corrected chi connectivity index (χ3v) is 4.23. The number of ether oxygens (including phenoxy) is 1. The standard InChI is InChI=1S/C12H14N2O3S2/c1-17-11-5-3-2-4-10(11)14-12(18)13-9-6-7-19(15,16)8-9/h2-5,8H,6-7H2,1H3,(H2,13,14,18). The Morgan fingerprint density at radius 3 is 2.68 bits per heavy atom. The Kier molecular flexibility index (Phi) is 4.06. The summed E-state index contributed by atoms with van der Waals surface area (Å²) >= 11 is 5.14. The van der Waals surface area contributed by atoms with Crippen LogP contribution in [0.2, 0.25) is 0 Å². The molecule has 0 saturated carbocycles. The van der Waals surface area contributed by atoms with Gasteiger partial charge >= 0.3 is 0 Å². The van der Waals surface area contributed by atoms with Crippen molar-refractivity contribution in [3.63, 3.8) is 0 Å². The second-order valence-corrected chi connectivity index (χ2v) is 6.42. The van der Waals surface area contributed by atoms with E-state index in [0.717, 1.165) is 5.69 Å². The smallest absolute Gasteiger partial charge is 0.175 e. The molecule has 1 aliphatic heterocycles. The van der Waals surface area contributed by atoms with E-state index in [1.54, 1.807) is 7.11 Å². The minimum absolute atomic E-state index is 0.132. The molecule has 0 radical (unpaired) electrons. The van der Waals surface area contributed by atoms with Crippen LogP contribution < -0.4 is 15.4 Å². The van der Waals surface area contributed by atoms with Gasteiger partial charge in [0.15, 0.2) is 14.9 Å². The number of para-hydroxylation sites is 2. The Balaban J connectivity index is 2.03. The van der Waals surface area contributed by atoms with Crippen LogP contribution in [0.15, 0.2) is 35.4 Å². The highest BCUT2D eigenvalue weighted by molar-refractivity contribution is 7.94. The van der Waals surface area contributed by atoms with Crippen molar-refractivity contribution in [2.45, 2.75) is 6.42 Å². The number of allylic oxidation sites excluding steroid dienone is 1. The first-order chi connectivity index (χ1) is 9.00. The molecule has 102 valence electrons. The molecule has 0 spiro atoms. The van der Waals surface area contributed by atoms with Crippen LogP contribution in [-0.4, -0.2) is 26.4 Å². The topological polar surface area (TPSA) is 67.4 Å².